The van der Waals surface area contributed by atoms with Crippen molar-refractivity contribution in [2.75, 3.05) is 18.5 Å². The van der Waals surface area contributed by atoms with Gasteiger partial charge in [-0.3, -0.25) is 0 Å². The predicted octanol–water partition coefficient (Wildman–Crippen LogP) is 4.08. The van der Waals surface area contributed by atoms with Crippen LogP contribution >= 0.6 is 0 Å². The molecule has 17 heavy (non-hydrogen) atoms. The highest BCUT2D eigenvalue weighted by Crippen LogP contribution is 2.27. The zero-order chi connectivity index (χ0) is 11.9. The van der Waals surface area contributed by atoms with E-state index >= 15 is 0 Å². The van der Waals surface area contributed by atoms with Gasteiger partial charge >= 0.3 is 0 Å². The molecule has 0 aromatic heterocycles. The highest BCUT2D eigenvalue weighted by molar-refractivity contribution is 5.46. The van der Waals surface area contributed by atoms with Crippen LogP contribution in [0.1, 0.15) is 39.0 Å². The van der Waals surface area contributed by atoms with Crippen LogP contribution in [0.25, 0.3) is 0 Å². The molecule has 1 N–H and O–H groups in total. The largest absolute Gasteiger partial charge is 0.494 e. The van der Waals surface area contributed by atoms with Gasteiger partial charge in [-0.2, -0.15) is 0 Å². The van der Waals surface area contributed by atoms with Gasteiger partial charge in [-0.05, 0) is 43.5 Å². The van der Waals surface area contributed by atoms with Gasteiger partial charge in [0.2, 0.25) is 0 Å². The third-order valence-electron chi connectivity index (χ3n) is 3.52. The Labute approximate surface area is 104 Å². The fourth-order valence-corrected chi connectivity index (χ4v) is 2.56. The quantitative estimate of drug-likeness (QED) is 0.799. The second-order valence-electron chi connectivity index (χ2n) is 4.82. The van der Waals surface area contributed by atoms with Crippen LogP contribution in [0.15, 0.2) is 24.3 Å². The van der Waals surface area contributed by atoms with E-state index in [4.69, 9.17) is 4.74 Å². The van der Waals surface area contributed by atoms with Crippen molar-refractivity contribution in [3.8, 4) is 5.75 Å². The van der Waals surface area contributed by atoms with Crippen molar-refractivity contribution in [2.24, 2.45) is 5.92 Å². The number of ether oxygens (including phenoxy) is 1. The zero-order valence-corrected chi connectivity index (χ0v) is 10.7. The molecule has 2 nitrogen and oxygen atoms in total. The number of nitrogens with one attached hydrogen (secondary N) is 1. The molecule has 0 unspecified atom stereocenters. The third-order valence-corrected chi connectivity index (χ3v) is 3.52. The van der Waals surface area contributed by atoms with Gasteiger partial charge in [0.05, 0.1) is 6.61 Å². The van der Waals surface area contributed by atoms with Gasteiger partial charge in [-0.15, -0.1) is 0 Å². The average Bonchev–Trinajstić information content (AvgIpc) is 2.85. The smallest absolute Gasteiger partial charge is 0.119 e. The molecular weight excluding hydrogens is 210 g/mol. The molecule has 94 valence electrons. The zero-order valence-electron chi connectivity index (χ0n) is 10.7. The molecule has 2 heteroatoms. The van der Waals surface area contributed by atoms with E-state index in [9.17, 15) is 0 Å². The van der Waals surface area contributed by atoms with E-state index in [1.54, 1.807) is 0 Å². The fraction of sp³-hybridized carbons (Fsp3) is 0.600. The van der Waals surface area contributed by atoms with E-state index in [-0.39, 0.29) is 0 Å². The molecular formula is C15H23NO. The summed E-state index contributed by atoms with van der Waals surface area (Å²) in [6, 6.07) is 8.25. The Balaban J connectivity index is 1.70. The molecule has 1 fully saturated rings. The first-order valence-electron chi connectivity index (χ1n) is 6.85. The molecule has 0 heterocycles. The lowest BCUT2D eigenvalue weighted by molar-refractivity contribution is 0.340. The maximum Gasteiger partial charge on any atom is 0.119 e. The normalized spacial score (nSPS) is 16.1. The Hall–Kier alpha value is -1.18. The molecule has 1 aromatic carbocycles. The molecule has 0 amide bonds. The standard InChI is InChI=1S/C15H23NO/c1-2-17-15-9-7-14(8-10-15)16-12-11-13-5-3-4-6-13/h7-10,13,16H,2-6,11-12H2,1H3. The highest BCUT2D eigenvalue weighted by Gasteiger charge is 2.13. The molecule has 1 aliphatic rings. The Morgan fingerprint density at radius 3 is 2.53 bits per heavy atom. The molecule has 1 aliphatic carbocycles. The first kappa shape index (κ1) is 12.3. The minimum Gasteiger partial charge on any atom is -0.494 e. The molecule has 1 saturated carbocycles. The van der Waals surface area contributed by atoms with Gasteiger partial charge in [0.1, 0.15) is 5.75 Å². The van der Waals surface area contributed by atoms with Crippen LogP contribution in [0.5, 0.6) is 5.75 Å². The lowest BCUT2D eigenvalue weighted by Gasteiger charge is -2.11. The summed E-state index contributed by atoms with van der Waals surface area (Å²) in [4.78, 5) is 0. The van der Waals surface area contributed by atoms with Crippen LogP contribution < -0.4 is 10.1 Å². The first-order valence-corrected chi connectivity index (χ1v) is 6.85. The highest BCUT2D eigenvalue weighted by atomic mass is 16.5. The van der Waals surface area contributed by atoms with E-state index in [0.29, 0.717) is 0 Å². The van der Waals surface area contributed by atoms with E-state index in [2.05, 4.69) is 17.4 Å². The average molecular weight is 233 g/mol. The molecule has 0 saturated heterocycles. The van der Waals surface area contributed by atoms with Crippen molar-refractivity contribution >= 4 is 5.69 Å². The fourth-order valence-electron chi connectivity index (χ4n) is 2.56. The van der Waals surface area contributed by atoms with Crippen LogP contribution in [0.2, 0.25) is 0 Å². The van der Waals surface area contributed by atoms with Crippen molar-refractivity contribution < 1.29 is 4.74 Å². The monoisotopic (exact) mass is 233 g/mol. The lowest BCUT2D eigenvalue weighted by atomic mass is 10.0. The van der Waals surface area contributed by atoms with E-state index in [1.165, 1.54) is 37.8 Å². The topological polar surface area (TPSA) is 21.3 Å². The Morgan fingerprint density at radius 1 is 1.18 bits per heavy atom. The third kappa shape index (κ3) is 3.95. The summed E-state index contributed by atoms with van der Waals surface area (Å²) in [7, 11) is 0. The van der Waals surface area contributed by atoms with Crippen molar-refractivity contribution in [3.05, 3.63) is 24.3 Å². The van der Waals surface area contributed by atoms with Gasteiger partial charge in [-0.25, -0.2) is 0 Å². The molecule has 0 atom stereocenters. The van der Waals surface area contributed by atoms with E-state index in [1.807, 2.05) is 19.1 Å². The number of hydrogen-bond donors (Lipinski definition) is 1. The van der Waals surface area contributed by atoms with Crippen LogP contribution in [0.3, 0.4) is 0 Å². The van der Waals surface area contributed by atoms with Crippen molar-refractivity contribution in [1.82, 2.24) is 0 Å². The summed E-state index contributed by atoms with van der Waals surface area (Å²) in [6.07, 6.45) is 7.06. The van der Waals surface area contributed by atoms with Gasteiger partial charge < -0.3 is 10.1 Å². The maximum atomic E-state index is 5.42. The minimum atomic E-state index is 0.731. The minimum absolute atomic E-state index is 0.731. The SMILES string of the molecule is CCOc1ccc(NCCC2CCCC2)cc1. The lowest BCUT2D eigenvalue weighted by Crippen LogP contribution is -2.06. The molecule has 0 spiro atoms. The van der Waals surface area contributed by atoms with Crippen LogP contribution in [-0.2, 0) is 0 Å². The Morgan fingerprint density at radius 2 is 1.88 bits per heavy atom. The Kier molecular flexibility index (Phi) is 4.72. The van der Waals surface area contributed by atoms with Crippen molar-refractivity contribution in [1.29, 1.82) is 0 Å². The molecule has 1 aromatic rings. The molecule has 0 bridgehead atoms. The number of hydrogen-bond acceptors (Lipinski definition) is 2. The van der Waals surface area contributed by atoms with E-state index in [0.717, 1.165) is 24.8 Å². The summed E-state index contributed by atoms with van der Waals surface area (Å²) in [5, 5.41) is 3.49. The number of anilines is 1. The van der Waals surface area contributed by atoms with Crippen molar-refractivity contribution in [2.45, 2.75) is 39.0 Å². The number of rotatable bonds is 6. The molecule has 0 radical (unpaired) electrons. The summed E-state index contributed by atoms with van der Waals surface area (Å²) in [5.74, 6) is 1.92. The summed E-state index contributed by atoms with van der Waals surface area (Å²) < 4.78 is 5.42. The molecule has 0 aliphatic heterocycles. The maximum absolute atomic E-state index is 5.42. The van der Waals surface area contributed by atoms with Gasteiger partial charge in [-0.1, -0.05) is 25.7 Å². The summed E-state index contributed by atoms with van der Waals surface area (Å²) in [6.45, 7) is 3.83. The predicted molar refractivity (Wildman–Crippen MR) is 72.7 cm³/mol. The van der Waals surface area contributed by atoms with Crippen molar-refractivity contribution in [3.63, 3.8) is 0 Å². The van der Waals surface area contributed by atoms with Crippen LogP contribution in [0, 0.1) is 5.92 Å². The van der Waals surface area contributed by atoms with Gasteiger partial charge in [0.15, 0.2) is 0 Å². The first-order chi connectivity index (χ1) is 8.38. The van der Waals surface area contributed by atoms with Gasteiger partial charge in [0, 0.05) is 12.2 Å². The second-order valence-corrected chi connectivity index (χ2v) is 4.82. The number of benzene rings is 1. The van der Waals surface area contributed by atoms with E-state index < -0.39 is 0 Å². The van der Waals surface area contributed by atoms with Crippen LogP contribution in [0.4, 0.5) is 5.69 Å². The summed E-state index contributed by atoms with van der Waals surface area (Å²) in [5.41, 5.74) is 1.20. The second kappa shape index (κ2) is 6.53. The summed E-state index contributed by atoms with van der Waals surface area (Å²) >= 11 is 0. The van der Waals surface area contributed by atoms with Crippen LogP contribution in [-0.4, -0.2) is 13.2 Å². The molecule has 2 rings (SSSR count). The van der Waals surface area contributed by atoms with Gasteiger partial charge in [0.25, 0.3) is 0 Å². The Bertz CT molecular complexity index is 314.